The van der Waals surface area contributed by atoms with E-state index in [0.29, 0.717) is 6.26 Å². The molecule has 44 valence electrons. The van der Waals surface area contributed by atoms with Gasteiger partial charge in [-0.05, 0) is 0 Å². The normalized spacial score (nSPS) is 8.29. The van der Waals surface area contributed by atoms with Gasteiger partial charge in [0.2, 0.25) is 0 Å². The fourth-order valence-corrected chi connectivity index (χ4v) is 0. The number of hydrogen-bond donors (Lipinski definition) is 0. The summed E-state index contributed by atoms with van der Waals surface area (Å²) < 4.78 is 27.2. The van der Waals surface area contributed by atoms with Crippen LogP contribution >= 0.6 is 0 Å². The van der Waals surface area contributed by atoms with Gasteiger partial charge in [0.25, 0.3) is 0 Å². The van der Waals surface area contributed by atoms with Crippen molar-refractivity contribution in [3.63, 3.8) is 0 Å². The molecule has 0 aliphatic heterocycles. The van der Waals surface area contributed by atoms with Crippen molar-refractivity contribution < 1.29 is 60.2 Å². The van der Waals surface area contributed by atoms with Crippen LogP contribution in [0.2, 0.25) is 0 Å². The van der Waals surface area contributed by atoms with Gasteiger partial charge in [-0.3, -0.25) is 0 Å². The van der Waals surface area contributed by atoms with Crippen molar-refractivity contribution in [3.8, 4) is 0 Å². The van der Waals surface area contributed by atoms with E-state index in [1.54, 1.807) is 0 Å². The Bertz CT molecular complexity index is 94.9. The zero-order valence-electron chi connectivity index (χ0n) is 3.58. The maximum absolute atomic E-state index is 9.08. The first-order chi connectivity index (χ1) is 2.00. The summed E-state index contributed by atoms with van der Waals surface area (Å²) >= 11 is 0. The Labute approximate surface area is 75.7 Å². The van der Waals surface area contributed by atoms with E-state index in [4.69, 9.17) is 13.0 Å². The maximum atomic E-state index is 9.08. The molecule has 4 nitrogen and oxygen atoms in total. The first-order valence-electron chi connectivity index (χ1n) is 0.908. The van der Waals surface area contributed by atoms with E-state index in [0.717, 1.165) is 0 Å². The van der Waals surface area contributed by atoms with Crippen LogP contribution in [-0.2, 0) is 10.1 Å². The Morgan fingerprint density at radius 2 is 1.43 bits per heavy atom. The van der Waals surface area contributed by atoms with Crippen molar-refractivity contribution in [1.82, 2.24) is 0 Å². The first kappa shape index (κ1) is 15.7. The van der Waals surface area contributed by atoms with Gasteiger partial charge in [-0.1, -0.05) is 0 Å². The third kappa shape index (κ3) is 128. The minimum atomic E-state index is -3.92. The summed E-state index contributed by atoms with van der Waals surface area (Å²) in [5.74, 6) is 0. The molecule has 0 heterocycles. The Hall–Kier alpha value is 1.25. The zero-order valence-corrected chi connectivity index (χ0v) is 7.54. The molecule has 0 spiro atoms. The van der Waals surface area contributed by atoms with E-state index in [1.165, 1.54) is 0 Å². The molecule has 1 N–H and O–H groups in total. The summed E-state index contributed by atoms with van der Waals surface area (Å²) in [6.07, 6.45) is 0.604. The molecule has 7 heavy (non-hydrogen) atoms. The SMILES string of the molecule is CS(=O)(=O)[O-].[Ce].[OH-]. The first-order valence-corrected chi connectivity index (χ1v) is 2.72. The molecule has 0 bridgehead atoms. The van der Waals surface area contributed by atoms with Crippen LogP contribution in [0.1, 0.15) is 0 Å². The van der Waals surface area contributed by atoms with Crippen molar-refractivity contribution in [3.05, 3.63) is 0 Å². The molecule has 0 aliphatic rings. The summed E-state index contributed by atoms with van der Waals surface area (Å²) in [5.41, 5.74) is 0. The predicted octanol–water partition coefficient (Wildman–Crippen LogP) is -1.02. The Kier molecular flexibility index (Phi) is 12.1. The summed E-state index contributed by atoms with van der Waals surface area (Å²) in [7, 11) is -3.92. The van der Waals surface area contributed by atoms with Crippen molar-refractivity contribution >= 4 is 10.1 Å². The minimum absolute atomic E-state index is 0. The van der Waals surface area contributed by atoms with Crippen LogP contribution in [0.5, 0.6) is 0 Å². The largest absolute Gasteiger partial charge is 0.870 e. The summed E-state index contributed by atoms with van der Waals surface area (Å²) in [5, 5.41) is 0. The smallest absolute Gasteiger partial charge is 0.0916 e. The molecule has 0 atom stereocenters. The Balaban J connectivity index is -0.0000000800. The zero-order chi connectivity index (χ0) is 4.50. The second-order valence-electron chi connectivity index (χ2n) is 0.704. The van der Waals surface area contributed by atoms with Crippen molar-refractivity contribution in [2.24, 2.45) is 0 Å². The van der Waals surface area contributed by atoms with Gasteiger partial charge >= 0.3 is 0 Å². The molecule has 0 unspecified atom stereocenters. The summed E-state index contributed by atoms with van der Waals surface area (Å²) in [6.45, 7) is 0. The number of hydrogen-bond acceptors (Lipinski definition) is 4. The van der Waals surface area contributed by atoms with Crippen LogP contribution in [0.25, 0.3) is 0 Å². The van der Waals surface area contributed by atoms with E-state index < -0.39 is 10.1 Å². The van der Waals surface area contributed by atoms with Gasteiger partial charge in [-0.15, -0.1) is 0 Å². The fourth-order valence-electron chi connectivity index (χ4n) is 0. The summed E-state index contributed by atoms with van der Waals surface area (Å²) in [6, 6.07) is 0. The molecular formula is CH4CeO4S-2. The van der Waals surface area contributed by atoms with Gasteiger partial charge in [-0.2, -0.15) is 0 Å². The second-order valence-corrected chi connectivity index (χ2v) is 2.11. The van der Waals surface area contributed by atoms with Gasteiger partial charge in [0, 0.05) is 48.0 Å². The molecule has 0 aromatic carbocycles. The van der Waals surface area contributed by atoms with E-state index in [1.807, 2.05) is 0 Å². The minimum Gasteiger partial charge on any atom is -0.870 e. The maximum Gasteiger partial charge on any atom is 0.0916 e. The standard InChI is InChI=1S/CH4O3S.Ce.H2O/c1-5(2,3)4;;/h1H3,(H,2,3,4);;1H2/p-2. The van der Waals surface area contributed by atoms with Crippen molar-refractivity contribution in [2.75, 3.05) is 6.26 Å². The molecule has 0 saturated carbocycles. The molecule has 0 aromatic rings. The molecule has 0 aromatic heterocycles. The van der Waals surface area contributed by atoms with Crippen LogP contribution < -0.4 is 0 Å². The molecule has 0 radical (unpaired) electrons. The summed E-state index contributed by atoms with van der Waals surface area (Å²) in [4.78, 5) is 0. The average Bonchev–Trinajstić information content (AvgIpc) is 0.722. The topological polar surface area (TPSA) is 87.2 Å². The van der Waals surface area contributed by atoms with Crippen LogP contribution in [0.4, 0.5) is 0 Å². The molecule has 6 heteroatoms. The number of rotatable bonds is 0. The van der Waals surface area contributed by atoms with E-state index in [9.17, 15) is 0 Å². The molecule has 0 saturated heterocycles. The Morgan fingerprint density at radius 1 is 1.43 bits per heavy atom. The van der Waals surface area contributed by atoms with Crippen molar-refractivity contribution in [2.45, 2.75) is 0 Å². The van der Waals surface area contributed by atoms with E-state index >= 15 is 0 Å². The quantitative estimate of drug-likeness (QED) is 0.516. The fraction of sp³-hybridized carbons (Fsp3) is 1.00. The van der Waals surface area contributed by atoms with E-state index in [2.05, 4.69) is 0 Å². The Morgan fingerprint density at radius 3 is 1.43 bits per heavy atom. The van der Waals surface area contributed by atoms with Gasteiger partial charge in [0.1, 0.15) is 0 Å². The molecule has 0 fully saturated rings. The van der Waals surface area contributed by atoms with Gasteiger partial charge in [0.05, 0.1) is 10.1 Å². The van der Waals surface area contributed by atoms with Crippen LogP contribution in [0.15, 0.2) is 0 Å². The molecular weight excluding hydrogens is 248 g/mol. The van der Waals surface area contributed by atoms with Crippen LogP contribution in [0, 0.1) is 41.7 Å². The predicted molar refractivity (Wildman–Crippen MR) is 17.6 cm³/mol. The van der Waals surface area contributed by atoms with Gasteiger partial charge in [-0.25, -0.2) is 8.42 Å². The van der Waals surface area contributed by atoms with Crippen LogP contribution in [-0.4, -0.2) is 24.7 Å². The third-order valence-corrected chi connectivity index (χ3v) is 0. The van der Waals surface area contributed by atoms with Gasteiger partial charge < -0.3 is 10.0 Å². The monoisotopic (exact) mass is 252 g/mol. The van der Waals surface area contributed by atoms with Gasteiger partial charge in [0.15, 0.2) is 0 Å². The van der Waals surface area contributed by atoms with Crippen LogP contribution in [0.3, 0.4) is 0 Å². The van der Waals surface area contributed by atoms with Crippen molar-refractivity contribution in [1.29, 1.82) is 0 Å². The average molecular weight is 252 g/mol. The third-order valence-electron chi connectivity index (χ3n) is 0. The molecule has 0 rings (SSSR count). The van der Waals surface area contributed by atoms with E-state index in [-0.39, 0.29) is 47.2 Å². The molecule has 0 aliphatic carbocycles. The second kappa shape index (κ2) is 5.38. The molecule has 0 amide bonds.